The van der Waals surface area contributed by atoms with E-state index in [4.69, 9.17) is 0 Å². The Kier molecular flexibility index (Phi) is 10.1. The van der Waals surface area contributed by atoms with Crippen LogP contribution in [0.3, 0.4) is 0 Å². The fraction of sp³-hybridized carbons (Fsp3) is 0.759. The molecule has 1 unspecified atom stereocenters. The number of carboxylic acids is 1. The maximum Gasteiger partial charge on any atom is 0.310 e. The lowest BCUT2D eigenvalue weighted by Gasteiger charge is -2.38. The molecule has 3 heteroatoms. The Morgan fingerprint density at radius 2 is 1.56 bits per heavy atom. The van der Waals surface area contributed by atoms with Gasteiger partial charge in [-0.15, -0.1) is 0 Å². The molecule has 0 spiro atoms. The second kappa shape index (κ2) is 12.8. The van der Waals surface area contributed by atoms with Crippen LogP contribution in [0.5, 0.6) is 0 Å². The van der Waals surface area contributed by atoms with Gasteiger partial charge >= 0.3 is 5.97 Å². The first-order chi connectivity index (χ1) is 15.5. The Balaban J connectivity index is 1.47. The molecule has 32 heavy (non-hydrogen) atoms. The van der Waals surface area contributed by atoms with E-state index in [1.165, 1.54) is 70.3 Å². The van der Waals surface area contributed by atoms with Crippen molar-refractivity contribution in [3.05, 3.63) is 35.1 Å². The maximum absolute atomic E-state index is 14.4. The lowest BCUT2D eigenvalue weighted by molar-refractivity contribution is -0.139. The van der Waals surface area contributed by atoms with Gasteiger partial charge in [0.25, 0.3) is 0 Å². The summed E-state index contributed by atoms with van der Waals surface area (Å²) >= 11 is 0. The summed E-state index contributed by atoms with van der Waals surface area (Å²) in [5, 5.41) is 9.86. The van der Waals surface area contributed by atoms with Crippen molar-refractivity contribution in [2.45, 2.75) is 116 Å². The largest absolute Gasteiger partial charge is 0.481 e. The summed E-state index contributed by atoms with van der Waals surface area (Å²) in [6.07, 6.45) is 18.3. The number of hydrogen-bond donors (Lipinski definition) is 1. The molecule has 0 aromatic heterocycles. The van der Waals surface area contributed by atoms with Gasteiger partial charge in [0.15, 0.2) is 0 Å². The molecule has 0 radical (unpaired) electrons. The third-order valence-corrected chi connectivity index (χ3v) is 8.53. The molecule has 1 aromatic carbocycles. The van der Waals surface area contributed by atoms with Crippen molar-refractivity contribution in [3.8, 4) is 0 Å². The Hall–Kier alpha value is -1.38. The van der Waals surface area contributed by atoms with Crippen LogP contribution < -0.4 is 0 Å². The van der Waals surface area contributed by atoms with E-state index < -0.39 is 11.9 Å². The van der Waals surface area contributed by atoms with Crippen molar-refractivity contribution < 1.29 is 14.3 Å². The van der Waals surface area contributed by atoms with E-state index in [2.05, 4.69) is 6.92 Å². The summed E-state index contributed by atoms with van der Waals surface area (Å²) in [6.45, 7) is 4.32. The van der Waals surface area contributed by atoms with Crippen LogP contribution in [0, 0.1) is 29.5 Å². The zero-order valence-corrected chi connectivity index (χ0v) is 20.5. The number of carboxylic acid groups (broad SMARTS) is 1. The molecule has 2 aliphatic rings. The predicted octanol–water partition coefficient (Wildman–Crippen LogP) is 8.53. The predicted molar refractivity (Wildman–Crippen MR) is 130 cm³/mol. The smallest absolute Gasteiger partial charge is 0.310 e. The molecule has 1 atom stereocenters. The molecule has 0 bridgehead atoms. The number of halogens is 1. The number of unbranched alkanes of at least 4 members (excludes halogenated alkanes) is 2. The highest BCUT2D eigenvalue weighted by Crippen LogP contribution is 2.44. The number of aliphatic carboxylic acids is 1. The lowest BCUT2D eigenvalue weighted by Crippen LogP contribution is -2.27. The Bertz CT molecular complexity index is 699. The molecular formula is C29H45FO2. The van der Waals surface area contributed by atoms with Gasteiger partial charge in [0.1, 0.15) is 5.82 Å². The van der Waals surface area contributed by atoms with Gasteiger partial charge in [-0.05, 0) is 79.4 Å². The minimum absolute atomic E-state index is 0.246. The van der Waals surface area contributed by atoms with Gasteiger partial charge < -0.3 is 5.11 Å². The highest BCUT2D eigenvalue weighted by molar-refractivity contribution is 5.76. The fourth-order valence-corrected chi connectivity index (χ4v) is 6.49. The van der Waals surface area contributed by atoms with E-state index in [1.807, 2.05) is 13.0 Å². The van der Waals surface area contributed by atoms with E-state index in [-0.39, 0.29) is 5.82 Å². The molecule has 0 aliphatic heterocycles. The Morgan fingerprint density at radius 1 is 0.938 bits per heavy atom. The Labute approximate surface area is 195 Å². The molecule has 0 heterocycles. The summed E-state index contributed by atoms with van der Waals surface area (Å²) in [4.78, 5) is 12.0. The van der Waals surface area contributed by atoms with E-state index in [0.717, 1.165) is 37.0 Å². The molecule has 1 N–H and O–H groups in total. The molecule has 2 aliphatic carbocycles. The SMILES string of the molecule is CCCCCC1CCC(C2CCC(CC(C(=O)O)c3ccc(CCC)c(F)c3)CC2)CC1. The van der Waals surface area contributed by atoms with Crippen molar-refractivity contribution in [1.29, 1.82) is 0 Å². The highest BCUT2D eigenvalue weighted by Gasteiger charge is 2.33. The molecule has 0 amide bonds. The zero-order chi connectivity index (χ0) is 22.9. The third kappa shape index (κ3) is 7.06. The molecule has 0 saturated heterocycles. The van der Waals surface area contributed by atoms with Crippen LogP contribution in [0.15, 0.2) is 18.2 Å². The van der Waals surface area contributed by atoms with Gasteiger partial charge in [-0.1, -0.05) is 83.8 Å². The topological polar surface area (TPSA) is 37.3 Å². The first-order valence-electron chi connectivity index (χ1n) is 13.5. The minimum Gasteiger partial charge on any atom is -0.481 e. The van der Waals surface area contributed by atoms with E-state index in [9.17, 15) is 14.3 Å². The molecular weight excluding hydrogens is 399 g/mol. The highest BCUT2D eigenvalue weighted by atomic mass is 19.1. The monoisotopic (exact) mass is 444 g/mol. The van der Waals surface area contributed by atoms with Crippen molar-refractivity contribution in [2.24, 2.45) is 23.7 Å². The summed E-state index contributed by atoms with van der Waals surface area (Å²) < 4.78 is 14.4. The van der Waals surface area contributed by atoms with Gasteiger partial charge in [0.05, 0.1) is 5.92 Å². The summed E-state index contributed by atoms with van der Waals surface area (Å²) in [6, 6.07) is 5.12. The van der Waals surface area contributed by atoms with E-state index in [1.54, 1.807) is 6.07 Å². The third-order valence-electron chi connectivity index (χ3n) is 8.53. The second-order valence-electron chi connectivity index (χ2n) is 10.8. The average Bonchev–Trinajstić information content (AvgIpc) is 2.80. The summed E-state index contributed by atoms with van der Waals surface area (Å²) in [5.41, 5.74) is 1.33. The first kappa shape index (κ1) is 25.2. The van der Waals surface area contributed by atoms with Crippen LogP contribution in [0.4, 0.5) is 4.39 Å². The van der Waals surface area contributed by atoms with Gasteiger partial charge in [-0.25, -0.2) is 4.39 Å². The number of carbonyl (C=O) groups is 1. The number of benzene rings is 1. The van der Waals surface area contributed by atoms with Crippen LogP contribution in [0.2, 0.25) is 0 Å². The molecule has 2 nitrogen and oxygen atoms in total. The summed E-state index contributed by atoms with van der Waals surface area (Å²) in [7, 11) is 0. The first-order valence-corrected chi connectivity index (χ1v) is 13.5. The van der Waals surface area contributed by atoms with Crippen molar-refractivity contribution in [2.75, 3.05) is 0 Å². The van der Waals surface area contributed by atoms with Crippen molar-refractivity contribution in [3.63, 3.8) is 0 Å². The van der Waals surface area contributed by atoms with E-state index >= 15 is 0 Å². The minimum atomic E-state index is -0.809. The van der Waals surface area contributed by atoms with Crippen LogP contribution in [-0.4, -0.2) is 11.1 Å². The number of hydrogen-bond acceptors (Lipinski definition) is 1. The average molecular weight is 445 g/mol. The van der Waals surface area contributed by atoms with Gasteiger partial charge in [0, 0.05) is 0 Å². The molecule has 180 valence electrons. The quantitative estimate of drug-likeness (QED) is 0.347. The standard InChI is InChI=1S/C29H45FO2/c1-3-5-6-8-21-9-13-23(14-10-21)24-15-11-22(12-16-24)19-27(29(31)32)26-18-17-25(7-4-2)28(30)20-26/h17-18,20-24,27H,3-16,19H2,1-2H3,(H,31,32). The van der Waals surface area contributed by atoms with Gasteiger partial charge in [-0.2, -0.15) is 0 Å². The Morgan fingerprint density at radius 3 is 2.09 bits per heavy atom. The van der Waals surface area contributed by atoms with Crippen LogP contribution >= 0.6 is 0 Å². The molecule has 1 aromatic rings. The molecule has 3 rings (SSSR count). The van der Waals surface area contributed by atoms with Crippen LogP contribution in [0.25, 0.3) is 0 Å². The maximum atomic E-state index is 14.4. The lowest BCUT2D eigenvalue weighted by atomic mass is 9.67. The molecule has 2 saturated carbocycles. The number of rotatable bonds is 11. The van der Waals surface area contributed by atoms with Crippen molar-refractivity contribution in [1.82, 2.24) is 0 Å². The van der Waals surface area contributed by atoms with Crippen molar-refractivity contribution >= 4 is 5.97 Å². The van der Waals surface area contributed by atoms with Gasteiger partial charge in [-0.3, -0.25) is 4.79 Å². The van der Waals surface area contributed by atoms with Crippen LogP contribution in [0.1, 0.15) is 121 Å². The molecule has 2 fully saturated rings. The van der Waals surface area contributed by atoms with Crippen LogP contribution in [-0.2, 0) is 11.2 Å². The van der Waals surface area contributed by atoms with E-state index in [0.29, 0.717) is 29.9 Å². The van der Waals surface area contributed by atoms with Gasteiger partial charge in [0.2, 0.25) is 0 Å². The summed E-state index contributed by atoms with van der Waals surface area (Å²) in [5.74, 6) is 1.53. The number of aryl methyl sites for hydroxylation is 1. The second-order valence-corrected chi connectivity index (χ2v) is 10.8. The fourth-order valence-electron chi connectivity index (χ4n) is 6.49. The zero-order valence-electron chi connectivity index (χ0n) is 20.5. The normalized spacial score (nSPS) is 27.2.